The average molecular weight is 129 g/mol. The van der Waals surface area contributed by atoms with Gasteiger partial charge in [-0.05, 0) is 12.8 Å². The lowest BCUT2D eigenvalue weighted by molar-refractivity contribution is 0.517. The van der Waals surface area contributed by atoms with Crippen molar-refractivity contribution in [3.8, 4) is 0 Å². The van der Waals surface area contributed by atoms with Crippen LogP contribution in [0.1, 0.15) is 32.1 Å². The van der Waals surface area contributed by atoms with Crippen molar-refractivity contribution in [2.75, 3.05) is 0 Å². The molecule has 0 unspecified atom stereocenters. The summed E-state index contributed by atoms with van der Waals surface area (Å²) in [5.74, 6) is 0. The predicted octanol–water partition coefficient (Wildman–Crippen LogP) is 2.84. The van der Waals surface area contributed by atoms with Crippen LogP contribution in [-0.4, -0.2) is 5.25 Å². The first-order chi connectivity index (χ1) is 3.93. The molecule has 0 aromatic heterocycles. The fourth-order valence-electron chi connectivity index (χ4n) is 1.23. The number of hydrogen-bond acceptors (Lipinski definition) is 1. The van der Waals surface area contributed by atoms with Crippen LogP contribution in [0, 0.1) is 6.26 Å². The molecule has 0 bridgehead atoms. The van der Waals surface area contributed by atoms with Gasteiger partial charge in [0.15, 0.2) is 0 Å². The third-order valence-corrected chi connectivity index (χ3v) is 2.73. The van der Waals surface area contributed by atoms with Crippen molar-refractivity contribution in [2.45, 2.75) is 37.4 Å². The van der Waals surface area contributed by atoms with Gasteiger partial charge in [-0.25, -0.2) is 0 Å². The lowest BCUT2D eigenvalue weighted by Gasteiger charge is -2.18. The summed E-state index contributed by atoms with van der Waals surface area (Å²) < 4.78 is 0. The van der Waals surface area contributed by atoms with E-state index in [9.17, 15) is 0 Å². The number of thioether (sulfide) groups is 1. The molecule has 1 radical (unpaired) electrons. The Morgan fingerprint density at radius 2 is 1.75 bits per heavy atom. The summed E-state index contributed by atoms with van der Waals surface area (Å²) in [6.07, 6.45) is 11.0. The molecule has 0 saturated heterocycles. The van der Waals surface area contributed by atoms with Crippen molar-refractivity contribution in [3.05, 3.63) is 6.26 Å². The minimum Gasteiger partial charge on any atom is -0.158 e. The zero-order valence-corrected chi connectivity index (χ0v) is 6.04. The summed E-state index contributed by atoms with van der Waals surface area (Å²) in [5.41, 5.74) is 0. The Balaban J connectivity index is 2.13. The zero-order chi connectivity index (χ0) is 5.82. The molecular weight excluding hydrogens is 116 g/mol. The summed E-state index contributed by atoms with van der Waals surface area (Å²) in [4.78, 5) is 0. The molecule has 0 aliphatic heterocycles. The van der Waals surface area contributed by atoms with E-state index in [1.165, 1.54) is 32.1 Å². The van der Waals surface area contributed by atoms with Crippen LogP contribution in [0.5, 0.6) is 0 Å². The van der Waals surface area contributed by atoms with Crippen LogP contribution in [0.15, 0.2) is 0 Å². The highest BCUT2D eigenvalue weighted by Gasteiger charge is 2.10. The van der Waals surface area contributed by atoms with E-state index in [2.05, 4.69) is 6.26 Å². The van der Waals surface area contributed by atoms with E-state index < -0.39 is 0 Å². The second-order valence-corrected chi connectivity index (χ2v) is 3.43. The van der Waals surface area contributed by atoms with E-state index in [4.69, 9.17) is 0 Å². The Bertz CT molecular complexity index is 55.4. The maximum atomic E-state index is 3.83. The van der Waals surface area contributed by atoms with Crippen LogP contribution in [0.25, 0.3) is 0 Å². The van der Waals surface area contributed by atoms with Crippen LogP contribution in [0.4, 0.5) is 0 Å². The summed E-state index contributed by atoms with van der Waals surface area (Å²) in [6.45, 7) is 0. The first kappa shape index (κ1) is 6.47. The summed E-state index contributed by atoms with van der Waals surface area (Å²) in [5, 5.41) is 0.892. The summed E-state index contributed by atoms with van der Waals surface area (Å²) >= 11 is 1.80. The van der Waals surface area contributed by atoms with Gasteiger partial charge in [0.2, 0.25) is 0 Å². The van der Waals surface area contributed by atoms with Gasteiger partial charge >= 0.3 is 0 Å². The third-order valence-electron chi connectivity index (χ3n) is 1.79. The molecule has 1 heteroatoms. The van der Waals surface area contributed by atoms with Crippen molar-refractivity contribution in [1.29, 1.82) is 0 Å². The third kappa shape index (κ3) is 1.70. The van der Waals surface area contributed by atoms with E-state index in [-0.39, 0.29) is 0 Å². The number of rotatable bonds is 1. The molecule has 8 heavy (non-hydrogen) atoms. The maximum absolute atomic E-state index is 3.83. The maximum Gasteiger partial charge on any atom is 0.00473 e. The predicted molar refractivity (Wildman–Crippen MR) is 39.8 cm³/mol. The van der Waals surface area contributed by atoms with Crippen LogP contribution in [0.3, 0.4) is 0 Å². The van der Waals surface area contributed by atoms with Gasteiger partial charge < -0.3 is 0 Å². The second kappa shape index (κ2) is 3.39. The topological polar surface area (TPSA) is 0 Å². The minimum absolute atomic E-state index is 0.892. The van der Waals surface area contributed by atoms with Gasteiger partial charge in [0.05, 0.1) is 0 Å². The van der Waals surface area contributed by atoms with Gasteiger partial charge in [0.25, 0.3) is 0 Å². The highest BCUT2D eigenvalue weighted by molar-refractivity contribution is 8.01. The molecule has 1 saturated carbocycles. The zero-order valence-electron chi connectivity index (χ0n) is 5.23. The Morgan fingerprint density at radius 3 is 2.12 bits per heavy atom. The van der Waals surface area contributed by atoms with E-state index in [0.717, 1.165) is 5.25 Å². The molecule has 1 aliphatic carbocycles. The molecular formula is C7H13S. The van der Waals surface area contributed by atoms with Crippen molar-refractivity contribution in [2.24, 2.45) is 0 Å². The van der Waals surface area contributed by atoms with Gasteiger partial charge in [-0.15, -0.1) is 0 Å². The van der Waals surface area contributed by atoms with E-state index in [1.807, 2.05) is 0 Å². The summed E-state index contributed by atoms with van der Waals surface area (Å²) in [7, 11) is 0. The number of hydrogen-bond donors (Lipinski definition) is 0. The molecule has 0 atom stereocenters. The van der Waals surface area contributed by atoms with Gasteiger partial charge in [0, 0.05) is 11.5 Å². The molecule has 47 valence electrons. The standard InChI is InChI=1S/C7H13S/c1-8-7-5-3-2-4-6-7/h7H,1-6H2. The molecule has 1 aliphatic rings. The van der Waals surface area contributed by atoms with Crippen LogP contribution in [0.2, 0.25) is 0 Å². The van der Waals surface area contributed by atoms with Crippen molar-refractivity contribution in [1.82, 2.24) is 0 Å². The molecule has 0 spiro atoms. The quantitative estimate of drug-likeness (QED) is 0.524. The Labute approximate surface area is 56.0 Å². The van der Waals surface area contributed by atoms with E-state index in [0.29, 0.717) is 0 Å². The molecule has 0 aromatic rings. The highest BCUT2D eigenvalue weighted by atomic mass is 32.2. The summed E-state index contributed by atoms with van der Waals surface area (Å²) in [6, 6.07) is 0. The second-order valence-electron chi connectivity index (χ2n) is 2.43. The molecule has 0 N–H and O–H groups in total. The van der Waals surface area contributed by atoms with Crippen molar-refractivity contribution in [3.63, 3.8) is 0 Å². The molecule has 0 heterocycles. The normalized spacial score (nSPS) is 23.6. The Kier molecular flexibility index (Phi) is 2.74. The SMILES string of the molecule is [CH2]SC1CCCCC1. The molecule has 1 fully saturated rings. The van der Waals surface area contributed by atoms with Crippen molar-refractivity contribution < 1.29 is 0 Å². The lowest BCUT2D eigenvalue weighted by Crippen LogP contribution is -2.05. The van der Waals surface area contributed by atoms with Gasteiger partial charge in [-0.1, -0.05) is 19.3 Å². The van der Waals surface area contributed by atoms with E-state index >= 15 is 0 Å². The molecule has 0 amide bonds. The minimum atomic E-state index is 0.892. The highest BCUT2D eigenvalue weighted by Crippen LogP contribution is 2.26. The molecule has 0 aromatic carbocycles. The van der Waals surface area contributed by atoms with Gasteiger partial charge in [-0.3, -0.25) is 0 Å². The van der Waals surface area contributed by atoms with Gasteiger partial charge in [-0.2, -0.15) is 11.8 Å². The van der Waals surface area contributed by atoms with Crippen LogP contribution < -0.4 is 0 Å². The Morgan fingerprint density at radius 1 is 1.12 bits per heavy atom. The first-order valence-electron chi connectivity index (χ1n) is 3.34. The van der Waals surface area contributed by atoms with E-state index in [1.54, 1.807) is 11.8 Å². The Hall–Kier alpha value is 0.350. The van der Waals surface area contributed by atoms with Crippen LogP contribution >= 0.6 is 11.8 Å². The smallest absolute Gasteiger partial charge is 0.00473 e. The largest absolute Gasteiger partial charge is 0.158 e. The average Bonchev–Trinajstić information content (AvgIpc) is 1.90. The fraction of sp³-hybridized carbons (Fsp3) is 0.857. The molecule has 0 nitrogen and oxygen atoms in total. The first-order valence-corrected chi connectivity index (χ1v) is 4.39. The van der Waals surface area contributed by atoms with Gasteiger partial charge in [0.1, 0.15) is 0 Å². The van der Waals surface area contributed by atoms with Crippen LogP contribution in [-0.2, 0) is 0 Å². The molecule has 1 rings (SSSR count). The lowest BCUT2D eigenvalue weighted by atomic mass is 10.0. The monoisotopic (exact) mass is 129 g/mol. The fourth-order valence-corrected chi connectivity index (χ4v) is 1.90. The van der Waals surface area contributed by atoms with Crippen molar-refractivity contribution >= 4 is 11.8 Å².